The summed E-state index contributed by atoms with van der Waals surface area (Å²) in [7, 11) is -0.957. The highest BCUT2D eigenvalue weighted by atomic mass is 32.2. The van der Waals surface area contributed by atoms with Crippen LogP contribution in [0.4, 0.5) is 0 Å². The highest BCUT2D eigenvalue weighted by molar-refractivity contribution is 7.91. The maximum Gasteiger partial charge on any atom is 0.221 e. The van der Waals surface area contributed by atoms with Gasteiger partial charge in [-0.25, -0.2) is 8.42 Å². The Labute approximate surface area is 103 Å². The molecule has 0 bridgehead atoms. The number of carbonyl (C=O) groups excluding carboxylic acids is 1. The van der Waals surface area contributed by atoms with Crippen molar-refractivity contribution in [1.29, 1.82) is 0 Å². The van der Waals surface area contributed by atoms with Gasteiger partial charge in [0.1, 0.15) is 0 Å². The summed E-state index contributed by atoms with van der Waals surface area (Å²) >= 11 is 0. The van der Waals surface area contributed by atoms with Gasteiger partial charge in [-0.3, -0.25) is 4.79 Å². The lowest BCUT2D eigenvalue weighted by Crippen LogP contribution is -2.37. The van der Waals surface area contributed by atoms with Crippen LogP contribution in [0.25, 0.3) is 0 Å². The Balaban J connectivity index is 2.31. The molecule has 1 aliphatic rings. The van der Waals surface area contributed by atoms with Gasteiger partial charge >= 0.3 is 0 Å². The van der Waals surface area contributed by atoms with Crippen molar-refractivity contribution in [2.45, 2.75) is 38.8 Å². The Morgan fingerprint density at radius 2 is 2.12 bits per heavy atom. The molecule has 1 N–H and O–H groups in total. The van der Waals surface area contributed by atoms with E-state index in [9.17, 15) is 13.2 Å². The summed E-state index contributed by atoms with van der Waals surface area (Å²) in [5, 5.41) is 2.82. The molecule has 0 aromatic rings. The molecule has 6 heteroatoms. The van der Waals surface area contributed by atoms with Crippen LogP contribution in [-0.2, 0) is 14.6 Å². The second-order valence-corrected chi connectivity index (χ2v) is 7.24. The minimum Gasteiger partial charge on any atom is -0.354 e. The van der Waals surface area contributed by atoms with Crippen molar-refractivity contribution < 1.29 is 13.2 Å². The van der Waals surface area contributed by atoms with E-state index in [1.54, 1.807) is 0 Å². The molecule has 0 radical (unpaired) electrons. The molecule has 0 aromatic carbocycles. The Morgan fingerprint density at radius 1 is 1.47 bits per heavy atom. The fraction of sp³-hybridized carbons (Fsp3) is 0.909. The van der Waals surface area contributed by atoms with Gasteiger partial charge in [0.25, 0.3) is 0 Å². The zero-order valence-corrected chi connectivity index (χ0v) is 11.6. The van der Waals surface area contributed by atoms with Gasteiger partial charge in [0.2, 0.25) is 5.91 Å². The molecule has 0 aliphatic carbocycles. The van der Waals surface area contributed by atoms with Crippen LogP contribution in [0.3, 0.4) is 0 Å². The summed E-state index contributed by atoms with van der Waals surface area (Å²) in [6.07, 6.45) is 1.11. The van der Waals surface area contributed by atoms with E-state index in [0.717, 1.165) is 0 Å². The maximum absolute atomic E-state index is 11.4. The zero-order chi connectivity index (χ0) is 13.1. The molecular formula is C11H22N2O3S. The summed E-state index contributed by atoms with van der Waals surface area (Å²) in [6.45, 7) is 4.45. The third-order valence-corrected chi connectivity index (χ3v) is 4.72. The quantitative estimate of drug-likeness (QED) is 0.758. The Hall–Kier alpha value is -0.620. The van der Waals surface area contributed by atoms with Gasteiger partial charge in [0.05, 0.1) is 11.5 Å². The second kappa shape index (κ2) is 5.82. The monoisotopic (exact) mass is 262 g/mol. The Kier molecular flexibility index (Phi) is 4.94. The van der Waals surface area contributed by atoms with Gasteiger partial charge in [-0.05, 0) is 27.3 Å². The first kappa shape index (κ1) is 14.4. The van der Waals surface area contributed by atoms with Crippen molar-refractivity contribution in [2.24, 2.45) is 0 Å². The number of nitrogens with zero attached hydrogens (tertiary/aromatic N) is 1. The Bertz CT molecular complexity index is 365. The van der Waals surface area contributed by atoms with Crippen molar-refractivity contribution >= 4 is 15.7 Å². The van der Waals surface area contributed by atoms with E-state index in [1.165, 1.54) is 0 Å². The van der Waals surface area contributed by atoms with E-state index in [2.05, 4.69) is 5.32 Å². The highest BCUT2D eigenvalue weighted by Crippen LogP contribution is 2.16. The third kappa shape index (κ3) is 5.04. The topological polar surface area (TPSA) is 66.5 Å². The van der Waals surface area contributed by atoms with Crippen LogP contribution >= 0.6 is 0 Å². The predicted octanol–water partition coefficient (Wildman–Crippen LogP) is 0.0200. The number of sulfone groups is 1. The average molecular weight is 262 g/mol. The van der Waals surface area contributed by atoms with E-state index < -0.39 is 9.84 Å². The standard InChI is InChI=1S/C11H22N2O3S/c1-9(2)12-11(14)4-6-13(3)10-5-7-17(15,16)8-10/h9-10H,4-8H2,1-3H3,(H,12,14). The van der Waals surface area contributed by atoms with Crippen LogP contribution in [0.2, 0.25) is 0 Å². The molecule has 100 valence electrons. The number of rotatable bonds is 5. The first-order chi connectivity index (χ1) is 7.80. The van der Waals surface area contributed by atoms with Gasteiger partial charge in [-0.1, -0.05) is 0 Å². The van der Waals surface area contributed by atoms with Crippen LogP contribution in [0, 0.1) is 0 Å². The van der Waals surface area contributed by atoms with Crippen molar-refractivity contribution in [3.8, 4) is 0 Å². The van der Waals surface area contributed by atoms with Gasteiger partial charge in [0, 0.05) is 25.0 Å². The minimum atomic E-state index is -2.84. The molecule has 0 saturated carbocycles. The van der Waals surface area contributed by atoms with E-state index in [-0.39, 0.29) is 29.5 Å². The van der Waals surface area contributed by atoms with Gasteiger partial charge in [-0.15, -0.1) is 0 Å². The summed E-state index contributed by atoms with van der Waals surface area (Å²) in [4.78, 5) is 13.4. The largest absolute Gasteiger partial charge is 0.354 e. The molecule has 0 aromatic heterocycles. The van der Waals surface area contributed by atoms with E-state index in [4.69, 9.17) is 0 Å². The lowest BCUT2D eigenvalue weighted by Gasteiger charge is -2.22. The van der Waals surface area contributed by atoms with E-state index in [0.29, 0.717) is 19.4 Å². The van der Waals surface area contributed by atoms with Crippen LogP contribution in [0.5, 0.6) is 0 Å². The average Bonchev–Trinajstić information content (AvgIpc) is 2.54. The third-order valence-electron chi connectivity index (χ3n) is 2.97. The van der Waals surface area contributed by atoms with Crippen LogP contribution in [0.1, 0.15) is 26.7 Å². The molecule has 1 saturated heterocycles. The molecule has 1 aliphatic heterocycles. The molecule has 1 heterocycles. The normalized spacial score (nSPS) is 23.2. The van der Waals surface area contributed by atoms with Crippen LogP contribution in [-0.4, -0.2) is 56.4 Å². The van der Waals surface area contributed by atoms with Gasteiger partial charge < -0.3 is 10.2 Å². The lowest BCUT2D eigenvalue weighted by atomic mass is 10.2. The zero-order valence-electron chi connectivity index (χ0n) is 10.8. The summed E-state index contributed by atoms with van der Waals surface area (Å²) in [6, 6.07) is 0.228. The fourth-order valence-electron chi connectivity index (χ4n) is 1.98. The fourth-order valence-corrected chi connectivity index (χ4v) is 3.78. The molecule has 1 fully saturated rings. The first-order valence-electron chi connectivity index (χ1n) is 6.00. The van der Waals surface area contributed by atoms with E-state index in [1.807, 2.05) is 25.8 Å². The molecule has 1 rings (SSSR count). The van der Waals surface area contributed by atoms with Crippen LogP contribution in [0.15, 0.2) is 0 Å². The first-order valence-corrected chi connectivity index (χ1v) is 7.82. The highest BCUT2D eigenvalue weighted by Gasteiger charge is 2.30. The van der Waals surface area contributed by atoms with Crippen molar-refractivity contribution in [3.05, 3.63) is 0 Å². The van der Waals surface area contributed by atoms with Crippen molar-refractivity contribution in [2.75, 3.05) is 25.1 Å². The number of hydrogen-bond donors (Lipinski definition) is 1. The minimum absolute atomic E-state index is 0.0210. The number of nitrogens with one attached hydrogen (secondary N) is 1. The van der Waals surface area contributed by atoms with Gasteiger partial charge in [-0.2, -0.15) is 0 Å². The van der Waals surface area contributed by atoms with Crippen molar-refractivity contribution in [1.82, 2.24) is 10.2 Å². The Morgan fingerprint density at radius 3 is 2.59 bits per heavy atom. The summed E-state index contributed by atoms with van der Waals surface area (Å²) < 4.78 is 22.6. The molecule has 17 heavy (non-hydrogen) atoms. The summed E-state index contributed by atoms with van der Waals surface area (Å²) in [5.74, 6) is 0.530. The summed E-state index contributed by atoms with van der Waals surface area (Å²) in [5.41, 5.74) is 0. The maximum atomic E-state index is 11.4. The second-order valence-electron chi connectivity index (χ2n) is 5.01. The molecule has 5 nitrogen and oxygen atoms in total. The number of hydrogen-bond acceptors (Lipinski definition) is 4. The smallest absolute Gasteiger partial charge is 0.221 e. The molecular weight excluding hydrogens is 240 g/mol. The van der Waals surface area contributed by atoms with Crippen molar-refractivity contribution in [3.63, 3.8) is 0 Å². The lowest BCUT2D eigenvalue weighted by molar-refractivity contribution is -0.121. The number of carbonyl (C=O) groups is 1. The molecule has 0 spiro atoms. The van der Waals surface area contributed by atoms with Crippen LogP contribution < -0.4 is 5.32 Å². The predicted molar refractivity (Wildman–Crippen MR) is 67.6 cm³/mol. The molecule has 1 amide bonds. The number of amides is 1. The van der Waals surface area contributed by atoms with Gasteiger partial charge in [0.15, 0.2) is 9.84 Å². The SMILES string of the molecule is CC(C)NC(=O)CCN(C)C1CCS(=O)(=O)C1. The molecule has 1 atom stereocenters. The van der Waals surface area contributed by atoms with E-state index >= 15 is 0 Å². The molecule has 1 unspecified atom stereocenters.